The number of rotatable bonds is 0. The summed E-state index contributed by atoms with van der Waals surface area (Å²) in [7, 11) is 0. The Kier molecular flexibility index (Phi) is 1.10. The summed E-state index contributed by atoms with van der Waals surface area (Å²) in [5.74, 6) is 0. The van der Waals surface area contributed by atoms with Gasteiger partial charge in [0.05, 0.1) is 0 Å². The molecule has 0 unspecified atom stereocenters. The van der Waals surface area contributed by atoms with Gasteiger partial charge in [-0.05, 0) is 12.1 Å². The van der Waals surface area contributed by atoms with Crippen LogP contribution in [-0.4, -0.2) is 9.97 Å². The Morgan fingerprint density at radius 2 is 1.40 bits per heavy atom. The summed E-state index contributed by atoms with van der Waals surface area (Å²) in [6, 6.07) is 3.89. The maximum atomic E-state index is 4.00. The smallest absolute Gasteiger partial charge is 0.0347 e. The largest absolute Gasteiger partial charge is 0.265 e. The van der Waals surface area contributed by atoms with Crippen LogP contribution in [0.15, 0.2) is 36.9 Å². The third-order valence-electron chi connectivity index (χ3n) is 1.44. The molecule has 2 nitrogen and oxygen atoms in total. The molecule has 2 aliphatic rings. The van der Waals surface area contributed by atoms with E-state index in [9.17, 15) is 0 Å². The van der Waals surface area contributed by atoms with Crippen LogP contribution in [0.25, 0.3) is 11.1 Å². The fourth-order valence-corrected chi connectivity index (χ4v) is 0.922. The molecule has 0 N–H and O–H groups in total. The summed E-state index contributed by atoms with van der Waals surface area (Å²) in [5, 5.41) is 0. The van der Waals surface area contributed by atoms with Gasteiger partial charge in [0.15, 0.2) is 0 Å². The molecule has 2 rings (SSSR count). The van der Waals surface area contributed by atoms with Crippen LogP contribution in [-0.2, 0) is 0 Å². The van der Waals surface area contributed by atoms with Crippen LogP contribution in [0.2, 0.25) is 0 Å². The van der Waals surface area contributed by atoms with E-state index in [1.807, 2.05) is 24.5 Å². The highest BCUT2D eigenvalue weighted by molar-refractivity contribution is 5.61. The van der Waals surface area contributed by atoms with Crippen LogP contribution < -0.4 is 0 Å². The van der Waals surface area contributed by atoms with E-state index >= 15 is 0 Å². The Hall–Kier alpha value is -1.44. The third-order valence-corrected chi connectivity index (χ3v) is 1.44. The highest BCUT2D eigenvalue weighted by Crippen LogP contribution is 2.16. The zero-order chi connectivity index (χ0) is 6.81. The number of hydrogen-bond acceptors (Lipinski definition) is 2. The first-order valence-corrected chi connectivity index (χ1v) is 3.10. The van der Waals surface area contributed by atoms with Gasteiger partial charge in [-0.1, -0.05) is 0 Å². The van der Waals surface area contributed by atoms with Crippen LogP contribution in [0.1, 0.15) is 0 Å². The van der Waals surface area contributed by atoms with Crippen LogP contribution in [0.5, 0.6) is 0 Å². The predicted molar refractivity (Wildman–Crippen MR) is 38.7 cm³/mol. The second-order valence-electron chi connectivity index (χ2n) is 2.10. The fraction of sp³-hybridized carbons (Fsp3) is 0. The molecular weight excluding hydrogens is 124 g/mol. The highest BCUT2D eigenvalue weighted by Gasteiger charge is 1.96. The van der Waals surface area contributed by atoms with Crippen molar-refractivity contribution in [1.29, 1.82) is 0 Å². The molecule has 0 aliphatic carbocycles. The van der Waals surface area contributed by atoms with Gasteiger partial charge in [0.1, 0.15) is 0 Å². The second-order valence-corrected chi connectivity index (χ2v) is 2.10. The molecule has 0 amide bonds. The quantitative estimate of drug-likeness (QED) is 0.541. The zero-order valence-corrected chi connectivity index (χ0v) is 5.36. The third kappa shape index (κ3) is 0.739. The lowest BCUT2D eigenvalue weighted by molar-refractivity contribution is 1.36. The molecule has 0 saturated heterocycles. The molecule has 2 heteroatoms. The van der Waals surface area contributed by atoms with Crippen molar-refractivity contribution in [1.82, 2.24) is 9.97 Å². The number of hydrogen-bond donors (Lipinski definition) is 0. The van der Waals surface area contributed by atoms with Crippen LogP contribution in [0.4, 0.5) is 0 Å². The van der Waals surface area contributed by atoms with E-state index in [4.69, 9.17) is 0 Å². The van der Waals surface area contributed by atoms with Gasteiger partial charge in [0.25, 0.3) is 0 Å². The molecular formula is C8H6N2. The number of aromatic nitrogens is 2. The molecule has 0 fully saturated rings. The van der Waals surface area contributed by atoms with E-state index in [0.29, 0.717) is 0 Å². The average Bonchev–Trinajstić information content (AvgIpc) is 2.28. The van der Waals surface area contributed by atoms with Gasteiger partial charge >= 0.3 is 0 Å². The zero-order valence-electron chi connectivity index (χ0n) is 5.36. The normalized spacial score (nSPS) is 10.0. The first-order chi connectivity index (χ1) is 4.97. The standard InChI is InChI=1S/C8H6N2/c1-3-9-4-2-8-6-10-5-7(1)8/h1-6H. The maximum Gasteiger partial charge on any atom is 0.0347 e. The molecule has 0 saturated carbocycles. The summed E-state index contributed by atoms with van der Waals surface area (Å²) >= 11 is 0. The van der Waals surface area contributed by atoms with Crippen molar-refractivity contribution in [2.45, 2.75) is 0 Å². The molecule has 0 aromatic carbocycles. The van der Waals surface area contributed by atoms with E-state index in [1.54, 1.807) is 12.4 Å². The summed E-state index contributed by atoms with van der Waals surface area (Å²) in [5.41, 5.74) is 2.27. The Morgan fingerprint density at radius 1 is 0.800 bits per heavy atom. The van der Waals surface area contributed by atoms with E-state index in [1.165, 1.54) is 0 Å². The van der Waals surface area contributed by atoms with E-state index in [0.717, 1.165) is 11.1 Å². The van der Waals surface area contributed by atoms with Crippen molar-refractivity contribution in [3.05, 3.63) is 36.9 Å². The molecule has 0 aromatic rings. The maximum absolute atomic E-state index is 4.00. The fourth-order valence-electron chi connectivity index (χ4n) is 0.922. The minimum Gasteiger partial charge on any atom is -0.265 e. The summed E-state index contributed by atoms with van der Waals surface area (Å²) in [6.45, 7) is 0. The molecule has 48 valence electrons. The first kappa shape index (κ1) is 5.35. The SMILES string of the molecule is c1cc2cncc-2ccn1. The first-order valence-electron chi connectivity index (χ1n) is 3.10. The van der Waals surface area contributed by atoms with Gasteiger partial charge < -0.3 is 0 Å². The average molecular weight is 130 g/mol. The molecule has 10 heavy (non-hydrogen) atoms. The van der Waals surface area contributed by atoms with Crippen molar-refractivity contribution in [3.63, 3.8) is 0 Å². The Balaban J connectivity index is 2.74. The highest BCUT2D eigenvalue weighted by atomic mass is 14.7. The van der Waals surface area contributed by atoms with Gasteiger partial charge in [-0.2, -0.15) is 0 Å². The minimum absolute atomic E-state index is 1.14. The van der Waals surface area contributed by atoms with Gasteiger partial charge in [-0.15, -0.1) is 0 Å². The van der Waals surface area contributed by atoms with Crippen molar-refractivity contribution < 1.29 is 0 Å². The second kappa shape index (κ2) is 2.06. The lowest BCUT2D eigenvalue weighted by Gasteiger charge is -1.82. The summed E-state index contributed by atoms with van der Waals surface area (Å²) in [4.78, 5) is 7.97. The minimum atomic E-state index is 1.14. The molecule has 2 aliphatic heterocycles. The van der Waals surface area contributed by atoms with Crippen LogP contribution in [0.3, 0.4) is 0 Å². The molecule has 2 heterocycles. The summed E-state index contributed by atoms with van der Waals surface area (Å²) in [6.07, 6.45) is 7.20. The molecule has 0 atom stereocenters. The van der Waals surface area contributed by atoms with Crippen LogP contribution in [0, 0.1) is 0 Å². The van der Waals surface area contributed by atoms with Gasteiger partial charge in [-0.25, -0.2) is 0 Å². The molecule has 0 bridgehead atoms. The van der Waals surface area contributed by atoms with E-state index < -0.39 is 0 Å². The monoisotopic (exact) mass is 130 g/mol. The van der Waals surface area contributed by atoms with E-state index in [2.05, 4.69) is 9.97 Å². The molecule has 0 aromatic heterocycles. The van der Waals surface area contributed by atoms with Gasteiger partial charge in [-0.3, -0.25) is 9.97 Å². The Labute approximate surface area is 58.9 Å². The summed E-state index contributed by atoms with van der Waals surface area (Å²) < 4.78 is 0. The Bertz CT molecular complexity index is 278. The van der Waals surface area contributed by atoms with Crippen molar-refractivity contribution in [2.75, 3.05) is 0 Å². The predicted octanol–water partition coefficient (Wildman–Crippen LogP) is 1.58. The lowest BCUT2D eigenvalue weighted by Crippen LogP contribution is -1.59. The van der Waals surface area contributed by atoms with Crippen molar-refractivity contribution in [2.24, 2.45) is 0 Å². The number of nitrogens with zero attached hydrogens (tertiary/aromatic N) is 2. The number of fused-ring (bicyclic) bond motifs is 1. The van der Waals surface area contributed by atoms with E-state index in [-0.39, 0.29) is 0 Å². The van der Waals surface area contributed by atoms with Crippen molar-refractivity contribution in [3.8, 4) is 11.1 Å². The van der Waals surface area contributed by atoms with Gasteiger partial charge in [0.2, 0.25) is 0 Å². The lowest BCUT2D eigenvalue weighted by atomic mass is 10.2. The van der Waals surface area contributed by atoms with Crippen LogP contribution >= 0.6 is 0 Å². The Morgan fingerprint density at radius 3 is 2.00 bits per heavy atom. The topological polar surface area (TPSA) is 25.8 Å². The van der Waals surface area contributed by atoms with Crippen molar-refractivity contribution >= 4 is 0 Å². The molecule has 0 radical (unpaired) electrons. The molecule has 0 spiro atoms. The van der Waals surface area contributed by atoms with Gasteiger partial charge in [0, 0.05) is 35.9 Å².